The molecule has 154 valence electrons. The van der Waals surface area contributed by atoms with Crippen molar-refractivity contribution >= 4 is 28.0 Å². The fourth-order valence-electron chi connectivity index (χ4n) is 2.85. The molecule has 0 radical (unpaired) electrons. The Hall–Kier alpha value is -3.12. The topological polar surface area (TPSA) is 44.8 Å². The molecule has 0 spiro atoms. The smallest absolute Gasteiger partial charge is 0.347 e. The lowest BCUT2D eigenvalue weighted by atomic mass is 10.0. The van der Waals surface area contributed by atoms with Crippen LogP contribution in [0.25, 0.3) is 6.08 Å². The fourth-order valence-corrected chi connectivity index (χ4v) is 3.47. The van der Waals surface area contributed by atoms with Crippen LogP contribution in [0, 0.1) is 12.7 Å². The summed E-state index contributed by atoms with van der Waals surface area (Å²) in [6, 6.07) is 18.1. The van der Waals surface area contributed by atoms with Gasteiger partial charge in [0.15, 0.2) is 0 Å². The third kappa shape index (κ3) is 4.89. The molecule has 0 saturated heterocycles. The molecule has 0 aliphatic carbocycles. The second-order valence-corrected chi connectivity index (χ2v) is 7.18. The summed E-state index contributed by atoms with van der Waals surface area (Å²) in [5.74, 6) is -0.712. The lowest BCUT2D eigenvalue weighted by Gasteiger charge is -2.18. The number of rotatable bonds is 7. The summed E-state index contributed by atoms with van der Waals surface area (Å²) < 4.78 is 31.7. The Morgan fingerprint density at radius 3 is 2.33 bits per heavy atom. The summed E-state index contributed by atoms with van der Waals surface area (Å²) in [7, 11) is 1.47. The SMILES string of the molecule is CO/C=C/c1c(F)c(C)c(C(=O)Oc2ccccc2)c(OCc2ccccc2)c1Br. The van der Waals surface area contributed by atoms with Gasteiger partial charge in [-0.2, -0.15) is 0 Å². The van der Waals surface area contributed by atoms with Crippen molar-refractivity contribution in [2.75, 3.05) is 7.11 Å². The first-order valence-electron chi connectivity index (χ1n) is 9.17. The number of para-hydroxylation sites is 1. The molecule has 0 bridgehead atoms. The number of benzene rings is 3. The van der Waals surface area contributed by atoms with Gasteiger partial charge in [-0.05, 0) is 46.6 Å². The monoisotopic (exact) mass is 470 g/mol. The van der Waals surface area contributed by atoms with Gasteiger partial charge in [0.2, 0.25) is 0 Å². The average Bonchev–Trinajstić information content (AvgIpc) is 2.76. The van der Waals surface area contributed by atoms with E-state index < -0.39 is 11.8 Å². The van der Waals surface area contributed by atoms with Crippen molar-refractivity contribution in [3.8, 4) is 11.5 Å². The van der Waals surface area contributed by atoms with Gasteiger partial charge < -0.3 is 14.2 Å². The molecule has 6 heteroatoms. The Morgan fingerprint density at radius 1 is 1.07 bits per heavy atom. The number of hydrogen-bond donors (Lipinski definition) is 0. The summed E-state index contributed by atoms with van der Waals surface area (Å²) in [6.45, 7) is 1.71. The van der Waals surface area contributed by atoms with Gasteiger partial charge in [-0.25, -0.2) is 9.18 Å². The van der Waals surface area contributed by atoms with E-state index in [0.29, 0.717) is 10.2 Å². The van der Waals surface area contributed by atoms with E-state index in [4.69, 9.17) is 14.2 Å². The fraction of sp³-hybridized carbons (Fsp3) is 0.125. The van der Waals surface area contributed by atoms with Crippen molar-refractivity contribution < 1.29 is 23.4 Å². The predicted molar refractivity (Wildman–Crippen MR) is 117 cm³/mol. The normalized spacial score (nSPS) is 10.8. The molecule has 0 amide bonds. The van der Waals surface area contributed by atoms with Crippen molar-refractivity contribution in [1.82, 2.24) is 0 Å². The number of methoxy groups -OCH3 is 1. The van der Waals surface area contributed by atoms with E-state index in [-0.39, 0.29) is 29.0 Å². The molecule has 30 heavy (non-hydrogen) atoms. The highest BCUT2D eigenvalue weighted by Gasteiger charge is 2.27. The van der Waals surface area contributed by atoms with E-state index in [2.05, 4.69) is 15.9 Å². The Morgan fingerprint density at radius 2 is 1.70 bits per heavy atom. The van der Waals surface area contributed by atoms with Crippen LogP contribution >= 0.6 is 15.9 Å². The summed E-state index contributed by atoms with van der Waals surface area (Å²) in [4.78, 5) is 13.0. The van der Waals surface area contributed by atoms with Crippen LogP contribution in [0.15, 0.2) is 71.4 Å². The van der Waals surface area contributed by atoms with Crippen molar-refractivity contribution in [2.24, 2.45) is 0 Å². The molecule has 0 heterocycles. The van der Waals surface area contributed by atoms with E-state index in [1.807, 2.05) is 36.4 Å². The first-order chi connectivity index (χ1) is 14.5. The number of carbonyl (C=O) groups is 1. The van der Waals surface area contributed by atoms with Crippen molar-refractivity contribution in [3.05, 3.63) is 99.5 Å². The maximum Gasteiger partial charge on any atom is 0.347 e. The van der Waals surface area contributed by atoms with Crippen LogP contribution in [0.4, 0.5) is 4.39 Å². The molecule has 4 nitrogen and oxygen atoms in total. The van der Waals surface area contributed by atoms with Crippen molar-refractivity contribution in [3.63, 3.8) is 0 Å². The molecule has 0 fully saturated rings. The quantitative estimate of drug-likeness (QED) is 0.230. The van der Waals surface area contributed by atoms with Gasteiger partial charge in [0.25, 0.3) is 0 Å². The minimum Gasteiger partial charge on any atom is -0.504 e. The van der Waals surface area contributed by atoms with Gasteiger partial charge in [0.05, 0.1) is 17.8 Å². The van der Waals surface area contributed by atoms with Crippen molar-refractivity contribution in [2.45, 2.75) is 13.5 Å². The highest BCUT2D eigenvalue weighted by Crippen LogP contribution is 2.39. The van der Waals surface area contributed by atoms with Gasteiger partial charge in [-0.3, -0.25) is 0 Å². The number of carbonyl (C=O) groups excluding carboxylic acids is 1. The van der Waals surface area contributed by atoms with Crippen LogP contribution in [-0.2, 0) is 11.3 Å². The Balaban J connectivity index is 2.06. The molecule has 3 rings (SSSR count). The highest BCUT2D eigenvalue weighted by molar-refractivity contribution is 9.10. The van der Waals surface area contributed by atoms with E-state index in [1.54, 1.807) is 24.3 Å². The summed E-state index contributed by atoms with van der Waals surface area (Å²) in [6.07, 6.45) is 2.82. The van der Waals surface area contributed by atoms with Gasteiger partial charge in [0, 0.05) is 11.1 Å². The molecule has 0 aliphatic heterocycles. The third-order valence-electron chi connectivity index (χ3n) is 4.36. The number of halogens is 2. The van der Waals surface area contributed by atoms with E-state index in [0.717, 1.165) is 5.56 Å². The predicted octanol–water partition coefficient (Wildman–Crippen LogP) is 6.31. The van der Waals surface area contributed by atoms with Gasteiger partial charge in [-0.15, -0.1) is 0 Å². The average molecular weight is 471 g/mol. The second-order valence-electron chi connectivity index (χ2n) is 6.39. The van der Waals surface area contributed by atoms with Gasteiger partial charge in [0.1, 0.15) is 29.5 Å². The molecular weight excluding hydrogens is 451 g/mol. The lowest BCUT2D eigenvalue weighted by molar-refractivity contribution is 0.0728. The summed E-state index contributed by atoms with van der Waals surface area (Å²) in [5.41, 5.74) is 1.27. The molecular formula is C24H20BrFO4. The van der Waals surface area contributed by atoms with Crippen LogP contribution in [0.3, 0.4) is 0 Å². The number of esters is 1. The zero-order chi connectivity index (χ0) is 21.5. The first kappa shape index (κ1) is 21.6. The van der Waals surface area contributed by atoms with E-state index in [9.17, 15) is 4.79 Å². The first-order valence-corrected chi connectivity index (χ1v) is 9.97. The van der Waals surface area contributed by atoms with E-state index in [1.165, 1.54) is 26.4 Å². The minimum absolute atomic E-state index is 0.0220. The third-order valence-corrected chi connectivity index (χ3v) is 5.15. The Bertz CT molecular complexity index is 1050. The molecule has 0 unspecified atom stereocenters. The van der Waals surface area contributed by atoms with Gasteiger partial charge in [-0.1, -0.05) is 48.5 Å². The van der Waals surface area contributed by atoms with E-state index >= 15 is 4.39 Å². The van der Waals surface area contributed by atoms with Crippen LogP contribution in [0.5, 0.6) is 11.5 Å². The van der Waals surface area contributed by atoms with Crippen LogP contribution in [0.1, 0.15) is 27.0 Å². The van der Waals surface area contributed by atoms with Crippen LogP contribution in [-0.4, -0.2) is 13.1 Å². The standard InChI is InChI=1S/C24H20BrFO4/c1-16-20(24(27)30-18-11-7-4-8-12-18)23(29-15-17-9-5-3-6-10-17)21(25)19(22(16)26)13-14-28-2/h3-14H,15H2,1-2H3/b14-13+. The zero-order valence-corrected chi connectivity index (χ0v) is 18.1. The summed E-state index contributed by atoms with van der Waals surface area (Å²) in [5, 5.41) is 0. The lowest BCUT2D eigenvalue weighted by Crippen LogP contribution is -2.15. The number of hydrogen-bond acceptors (Lipinski definition) is 4. The van der Waals surface area contributed by atoms with Crippen LogP contribution in [0.2, 0.25) is 0 Å². The van der Waals surface area contributed by atoms with Gasteiger partial charge >= 0.3 is 5.97 Å². The molecule has 0 N–H and O–H groups in total. The molecule has 0 aliphatic rings. The molecule has 0 atom stereocenters. The molecule has 3 aromatic carbocycles. The van der Waals surface area contributed by atoms with Crippen LogP contribution < -0.4 is 9.47 Å². The van der Waals surface area contributed by atoms with Crippen molar-refractivity contribution in [1.29, 1.82) is 0 Å². The maximum absolute atomic E-state index is 15.1. The molecule has 0 aromatic heterocycles. The largest absolute Gasteiger partial charge is 0.504 e. The maximum atomic E-state index is 15.1. The number of ether oxygens (including phenoxy) is 3. The summed E-state index contributed by atoms with van der Waals surface area (Å²) >= 11 is 3.40. The zero-order valence-electron chi connectivity index (χ0n) is 16.5. The Kier molecular flexibility index (Phi) is 7.25. The Labute approximate surface area is 183 Å². The molecule has 0 saturated carbocycles. The molecule has 3 aromatic rings. The second kappa shape index (κ2) is 10.1. The highest BCUT2D eigenvalue weighted by atomic mass is 79.9. The minimum atomic E-state index is -0.705.